The predicted octanol–water partition coefficient (Wildman–Crippen LogP) is 0.0655. The zero-order valence-corrected chi connectivity index (χ0v) is 12.4. The lowest BCUT2D eigenvalue weighted by molar-refractivity contribution is 0.100. The maximum Gasteiger partial charge on any atom is 0.262 e. The molecule has 0 atom stereocenters. The maximum absolute atomic E-state index is 12.4. The van der Waals surface area contributed by atoms with Crippen LogP contribution in [0, 0.1) is 6.92 Å². The topological polar surface area (TPSA) is 138 Å². The van der Waals surface area contributed by atoms with Crippen LogP contribution in [0.25, 0.3) is 0 Å². The quantitative estimate of drug-likeness (QED) is 0.730. The summed E-state index contributed by atoms with van der Waals surface area (Å²) in [5.74, 6) is -1.06. The number of hydrogen-bond donors (Lipinski definition) is 3. The van der Waals surface area contributed by atoms with Gasteiger partial charge in [-0.15, -0.1) is 0 Å². The fourth-order valence-electron chi connectivity index (χ4n) is 1.96. The molecule has 0 saturated heterocycles. The minimum atomic E-state index is -0.682. The smallest absolute Gasteiger partial charge is 0.262 e. The number of hydrogen-bond acceptors (Lipinski definition) is 6. The number of carbonyl (C=O) groups is 2. The first kappa shape index (κ1) is 15.3. The van der Waals surface area contributed by atoms with Crippen LogP contribution in [0.15, 0.2) is 12.3 Å². The first-order valence-electron chi connectivity index (χ1n) is 6.29. The third-order valence-electron chi connectivity index (χ3n) is 3.12. The van der Waals surface area contributed by atoms with Gasteiger partial charge in [-0.2, -0.15) is 5.10 Å². The van der Waals surface area contributed by atoms with E-state index in [4.69, 9.17) is 16.2 Å². The van der Waals surface area contributed by atoms with Gasteiger partial charge in [-0.3, -0.25) is 14.3 Å². The van der Waals surface area contributed by atoms with Gasteiger partial charge < -0.3 is 21.5 Å². The summed E-state index contributed by atoms with van der Waals surface area (Å²) >= 11 is 0. The molecule has 2 rings (SSSR count). The number of ether oxygens (including phenoxy) is 1. The summed E-state index contributed by atoms with van der Waals surface area (Å²) in [5, 5.41) is 6.59. The number of anilines is 2. The average molecular weight is 304 g/mol. The number of primary amides is 1. The number of nitrogens with one attached hydrogen (secondary N) is 1. The van der Waals surface area contributed by atoms with E-state index in [1.54, 1.807) is 14.0 Å². The number of pyridine rings is 1. The van der Waals surface area contributed by atoms with Crippen molar-refractivity contribution in [1.29, 1.82) is 0 Å². The van der Waals surface area contributed by atoms with Gasteiger partial charge in [-0.25, -0.2) is 4.98 Å². The monoisotopic (exact) mass is 304 g/mol. The SMILES string of the molecule is COc1ncc(N)cc1C(=O)Nc1nn(C)c(C)c1C(N)=O. The predicted molar refractivity (Wildman–Crippen MR) is 79.6 cm³/mol. The molecule has 0 unspecified atom stereocenters. The Kier molecular flexibility index (Phi) is 3.97. The Labute approximate surface area is 126 Å². The molecule has 2 amide bonds. The highest BCUT2D eigenvalue weighted by molar-refractivity contribution is 6.09. The number of amides is 2. The molecule has 5 N–H and O–H groups in total. The number of rotatable bonds is 4. The standard InChI is InChI=1S/C13H16N6O3/c1-6-9(10(15)20)11(18-19(6)2)17-12(21)8-4-7(14)5-16-13(8)22-3/h4-5H,14H2,1-3H3,(H2,15,20)(H,17,18,21). The molecule has 0 aliphatic heterocycles. The highest BCUT2D eigenvalue weighted by atomic mass is 16.5. The zero-order chi connectivity index (χ0) is 16.4. The van der Waals surface area contributed by atoms with Crippen molar-refractivity contribution >= 4 is 23.3 Å². The van der Waals surface area contributed by atoms with Crippen molar-refractivity contribution in [2.45, 2.75) is 6.92 Å². The third kappa shape index (κ3) is 2.68. The lowest BCUT2D eigenvalue weighted by Crippen LogP contribution is -2.19. The van der Waals surface area contributed by atoms with Crippen molar-refractivity contribution in [1.82, 2.24) is 14.8 Å². The van der Waals surface area contributed by atoms with E-state index in [1.807, 2.05) is 0 Å². The van der Waals surface area contributed by atoms with E-state index in [-0.39, 0.29) is 22.8 Å². The van der Waals surface area contributed by atoms with Crippen LogP contribution in [0.3, 0.4) is 0 Å². The van der Waals surface area contributed by atoms with Gasteiger partial charge in [0.25, 0.3) is 11.8 Å². The fraction of sp³-hybridized carbons (Fsp3) is 0.231. The summed E-state index contributed by atoms with van der Waals surface area (Å²) in [6, 6.07) is 1.42. The second kappa shape index (κ2) is 5.72. The molecule has 0 bridgehead atoms. The molecule has 0 aliphatic rings. The van der Waals surface area contributed by atoms with E-state index in [2.05, 4.69) is 15.4 Å². The van der Waals surface area contributed by atoms with Gasteiger partial charge in [-0.05, 0) is 13.0 Å². The fourth-order valence-corrected chi connectivity index (χ4v) is 1.96. The minimum absolute atomic E-state index is 0.0713. The van der Waals surface area contributed by atoms with E-state index in [0.717, 1.165) is 0 Å². The summed E-state index contributed by atoms with van der Waals surface area (Å²) < 4.78 is 6.47. The third-order valence-corrected chi connectivity index (χ3v) is 3.12. The molecule has 2 aromatic rings. The first-order chi connectivity index (χ1) is 10.3. The number of nitrogens with zero attached hydrogens (tertiary/aromatic N) is 3. The van der Waals surface area contributed by atoms with E-state index < -0.39 is 11.8 Å². The molecule has 0 radical (unpaired) electrons. The van der Waals surface area contributed by atoms with Crippen molar-refractivity contribution in [2.75, 3.05) is 18.2 Å². The number of methoxy groups -OCH3 is 1. The Morgan fingerprint density at radius 1 is 1.41 bits per heavy atom. The van der Waals surface area contributed by atoms with Gasteiger partial charge in [0.1, 0.15) is 11.1 Å². The lowest BCUT2D eigenvalue weighted by Gasteiger charge is -2.08. The van der Waals surface area contributed by atoms with E-state index >= 15 is 0 Å². The minimum Gasteiger partial charge on any atom is -0.480 e. The number of nitrogen functional groups attached to an aromatic ring is 1. The van der Waals surface area contributed by atoms with Crippen LogP contribution in [0.5, 0.6) is 5.88 Å². The molecule has 2 aromatic heterocycles. The Bertz CT molecular complexity index is 752. The maximum atomic E-state index is 12.4. The van der Waals surface area contributed by atoms with Crippen LogP contribution in [-0.2, 0) is 7.05 Å². The number of nitrogens with two attached hydrogens (primary N) is 2. The van der Waals surface area contributed by atoms with Gasteiger partial charge >= 0.3 is 0 Å². The summed E-state index contributed by atoms with van der Waals surface area (Å²) in [7, 11) is 3.02. The van der Waals surface area contributed by atoms with Crippen LogP contribution < -0.4 is 21.5 Å². The van der Waals surface area contributed by atoms with Gasteiger partial charge in [-0.1, -0.05) is 0 Å². The Morgan fingerprint density at radius 2 is 2.09 bits per heavy atom. The van der Waals surface area contributed by atoms with Crippen molar-refractivity contribution in [2.24, 2.45) is 12.8 Å². The summed E-state index contributed by atoms with van der Waals surface area (Å²) in [6.07, 6.45) is 1.37. The second-order valence-corrected chi connectivity index (χ2v) is 4.58. The molecule has 0 aliphatic carbocycles. The number of aryl methyl sites for hydroxylation is 1. The van der Waals surface area contributed by atoms with Crippen molar-refractivity contribution in [3.05, 3.63) is 29.1 Å². The van der Waals surface area contributed by atoms with Crippen molar-refractivity contribution in [3.63, 3.8) is 0 Å². The molecule has 0 fully saturated rings. The van der Waals surface area contributed by atoms with Crippen molar-refractivity contribution in [3.8, 4) is 5.88 Å². The molecule has 22 heavy (non-hydrogen) atoms. The van der Waals surface area contributed by atoms with Gasteiger partial charge in [0.2, 0.25) is 5.88 Å². The molecule has 116 valence electrons. The Balaban J connectivity index is 2.40. The molecule has 9 nitrogen and oxygen atoms in total. The first-order valence-corrected chi connectivity index (χ1v) is 6.29. The largest absolute Gasteiger partial charge is 0.480 e. The Morgan fingerprint density at radius 3 is 2.68 bits per heavy atom. The summed E-state index contributed by atoms with van der Waals surface area (Å²) in [6.45, 7) is 1.67. The zero-order valence-electron chi connectivity index (χ0n) is 12.4. The van der Waals surface area contributed by atoms with E-state index in [0.29, 0.717) is 11.4 Å². The van der Waals surface area contributed by atoms with E-state index in [1.165, 1.54) is 24.1 Å². The van der Waals surface area contributed by atoms with Crippen LogP contribution in [-0.4, -0.2) is 33.7 Å². The highest BCUT2D eigenvalue weighted by Crippen LogP contribution is 2.22. The van der Waals surface area contributed by atoms with Crippen molar-refractivity contribution < 1.29 is 14.3 Å². The van der Waals surface area contributed by atoms with Crippen LogP contribution in [0.4, 0.5) is 11.5 Å². The molecule has 0 saturated carbocycles. The summed E-state index contributed by atoms with van der Waals surface area (Å²) in [5.41, 5.74) is 12.1. The van der Waals surface area contributed by atoms with Crippen LogP contribution in [0.2, 0.25) is 0 Å². The second-order valence-electron chi connectivity index (χ2n) is 4.58. The van der Waals surface area contributed by atoms with Gasteiger partial charge in [0.05, 0.1) is 19.0 Å². The average Bonchev–Trinajstić information content (AvgIpc) is 2.73. The molecule has 0 aromatic carbocycles. The van der Waals surface area contributed by atoms with Gasteiger partial charge in [0.15, 0.2) is 5.82 Å². The molecular formula is C13H16N6O3. The molecule has 0 spiro atoms. The number of aromatic nitrogens is 3. The Hall–Kier alpha value is -3.10. The van der Waals surface area contributed by atoms with E-state index in [9.17, 15) is 9.59 Å². The molecule has 2 heterocycles. The number of carbonyl (C=O) groups excluding carboxylic acids is 2. The van der Waals surface area contributed by atoms with Gasteiger partial charge in [0, 0.05) is 12.7 Å². The van der Waals surface area contributed by atoms with Crippen LogP contribution in [0.1, 0.15) is 26.4 Å². The van der Waals surface area contributed by atoms with Crippen LogP contribution >= 0.6 is 0 Å². The lowest BCUT2D eigenvalue weighted by atomic mass is 10.2. The molecule has 9 heteroatoms. The summed E-state index contributed by atoms with van der Waals surface area (Å²) in [4.78, 5) is 27.8. The highest BCUT2D eigenvalue weighted by Gasteiger charge is 2.22. The molecular weight excluding hydrogens is 288 g/mol. The normalized spacial score (nSPS) is 10.3.